The summed E-state index contributed by atoms with van der Waals surface area (Å²) in [7, 11) is 1.45. The highest BCUT2D eigenvalue weighted by atomic mass is 19.2. The van der Waals surface area contributed by atoms with Crippen molar-refractivity contribution in [2.24, 2.45) is 7.05 Å². The molecule has 10 nitrogen and oxygen atoms in total. The summed E-state index contributed by atoms with van der Waals surface area (Å²) >= 11 is 0. The van der Waals surface area contributed by atoms with Crippen molar-refractivity contribution in [3.05, 3.63) is 56.5 Å². The first-order chi connectivity index (χ1) is 13.7. The van der Waals surface area contributed by atoms with Crippen LogP contribution >= 0.6 is 0 Å². The lowest BCUT2D eigenvalue weighted by Crippen LogP contribution is -2.33. The van der Waals surface area contributed by atoms with Gasteiger partial charge in [-0.2, -0.15) is 0 Å². The summed E-state index contributed by atoms with van der Waals surface area (Å²) in [4.78, 5) is 56.0. The summed E-state index contributed by atoms with van der Waals surface area (Å²) in [5.74, 6) is -2.89. The minimum Gasteiger partial charge on any atom is -0.347 e. The third kappa shape index (κ3) is 4.54. The molecule has 0 bridgehead atoms. The molecule has 4 N–H and O–H groups in total. The van der Waals surface area contributed by atoms with E-state index in [9.17, 15) is 28.0 Å². The molecular formula is C17H16F2N6O4. The molecule has 1 aromatic carbocycles. The molecule has 2 heterocycles. The maximum atomic E-state index is 13.1. The summed E-state index contributed by atoms with van der Waals surface area (Å²) in [6.07, 6.45) is 0.100. The van der Waals surface area contributed by atoms with Gasteiger partial charge in [0.15, 0.2) is 17.3 Å². The van der Waals surface area contributed by atoms with Crippen molar-refractivity contribution in [3.8, 4) is 0 Å². The number of aromatic nitrogens is 4. The molecule has 0 aliphatic heterocycles. The van der Waals surface area contributed by atoms with Gasteiger partial charge in [-0.25, -0.2) is 18.6 Å². The maximum Gasteiger partial charge on any atom is 0.329 e. The molecule has 0 saturated carbocycles. The van der Waals surface area contributed by atoms with Crippen LogP contribution in [0.1, 0.15) is 12.2 Å². The number of anilines is 1. The molecule has 2 amide bonds. The van der Waals surface area contributed by atoms with E-state index in [2.05, 4.69) is 25.6 Å². The standard InChI is InChI=1S/C17H16F2N6O4/c1-25-15-14(16(28)24-17(25)29)22-11(23-15)4-5-12(26)20-7-13(27)21-8-2-3-9(18)10(19)6-8/h2-3,6H,4-5,7H2,1H3,(H,20,26)(H,21,27)(H,22,23)(H,24,28,29). The molecule has 0 spiro atoms. The predicted molar refractivity (Wildman–Crippen MR) is 98.3 cm³/mol. The normalized spacial score (nSPS) is 10.9. The van der Waals surface area contributed by atoms with E-state index in [1.165, 1.54) is 17.7 Å². The van der Waals surface area contributed by atoms with Gasteiger partial charge in [-0.3, -0.25) is 23.9 Å². The first-order valence-corrected chi connectivity index (χ1v) is 8.44. The van der Waals surface area contributed by atoms with E-state index < -0.39 is 34.7 Å². The molecule has 0 atom stereocenters. The fourth-order valence-electron chi connectivity index (χ4n) is 2.55. The van der Waals surface area contributed by atoms with Crippen LogP contribution in [0.4, 0.5) is 14.5 Å². The lowest BCUT2D eigenvalue weighted by atomic mass is 10.3. The second-order valence-corrected chi connectivity index (χ2v) is 6.15. The molecule has 3 rings (SSSR count). The number of carbonyl (C=O) groups excluding carboxylic acids is 2. The van der Waals surface area contributed by atoms with Gasteiger partial charge in [0.05, 0.1) is 6.54 Å². The molecular weight excluding hydrogens is 390 g/mol. The van der Waals surface area contributed by atoms with Gasteiger partial charge in [-0.05, 0) is 12.1 Å². The molecule has 152 valence electrons. The highest BCUT2D eigenvalue weighted by Gasteiger charge is 2.13. The van der Waals surface area contributed by atoms with Gasteiger partial charge >= 0.3 is 5.69 Å². The summed E-state index contributed by atoms with van der Waals surface area (Å²) in [5.41, 5.74) is -0.875. The Bertz CT molecular complexity index is 1210. The zero-order chi connectivity index (χ0) is 21.1. The third-order valence-corrected chi connectivity index (χ3v) is 4.04. The van der Waals surface area contributed by atoms with Gasteiger partial charge in [-0.1, -0.05) is 0 Å². The molecule has 0 aliphatic carbocycles. The van der Waals surface area contributed by atoms with E-state index in [-0.39, 0.29) is 36.2 Å². The van der Waals surface area contributed by atoms with Gasteiger partial charge in [0.25, 0.3) is 5.56 Å². The predicted octanol–water partition coefficient (Wildman–Crippen LogP) is -0.0844. The molecule has 0 fully saturated rings. The lowest BCUT2D eigenvalue weighted by molar-refractivity contribution is -0.124. The number of nitrogens with one attached hydrogen (secondary N) is 4. The van der Waals surface area contributed by atoms with Crippen molar-refractivity contribution in [2.75, 3.05) is 11.9 Å². The first kappa shape index (κ1) is 19.9. The molecule has 0 unspecified atom stereocenters. The topological polar surface area (TPSA) is 142 Å². The van der Waals surface area contributed by atoms with Crippen molar-refractivity contribution in [3.63, 3.8) is 0 Å². The van der Waals surface area contributed by atoms with E-state index in [4.69, 9.17) is 0 Å². The zero-order valence-corrected chi connectivity index (χ0v) is 15.1. The number of aryl methyl sites for hydroxylation is 2. The number of amides is 2. The SMILES string of the molecule is Cn1c(=O)[nH]c(=O)c2[nH]c(CCC(=O)NCC(=O)Nc3ccc(F)c(F)c3)nc21. The Kier molecular flexibility index (Phi) is 5.52. The molecule has 0 aliphatic rings. The first-order valence-electron chi connectivity index (χ1n) is 8.44. The van der Waals surface area contributed by atoms with Crippen LogP contribution in [-0.4, -0.2) is 37.9 Å². The molecule has 29 heavy (non-hydrogen) atoms. The molecule has 0 radical (unpaired) electrons. The fourth-order valence-corrected chi connectivity index (χ4v) is 2.55. The Labute approximate surface area is 161 Å². The average molecular weight is 406 g/mol. The van der Waals surface area contributed by atoms with Gasteiger partial charge in [-0.15, -0.1) is 0 Å². The van der Waals surface area contributed by atoms with E-state index in [1.807, 2.05) is 0 Å². The number of aromatic amines is 2. The van der Waals surface area contributed by atoms with E-state index in [0.717, 1.165) is 12.1 Å². The number of halogens is 2. The highest BCUT2D eigenvalue weighted by Crippen LogP contribution is 2.12. The van der Waals surface area contributed by atoms with Gasteiger partial charge < -0.3 is 15.6 Å². The van der Waals surface area contributed by atoms with E-state index in [0.29, 0.717) is 5.82 Å². The van der Waals surface area contributed by atoms with Crippen LogP contribution in [0.3, 0.4) is 0 Å². The summed E-state index contributed by atoms with van der Waals surface area (Å²) in [5, 5.41) is 4.71. The minimum absolute atomic E-state index is 0.0376. The van der Waals surface area contributed by atoms with E-state index in [1.54, 1.807) is 0 Å². The van der Waals surface area contributed by atoms with Crippen molar-refractivity contribution < 1.29 is 18.4 Å². The summed E-state index contributed by atoms with van der Waals surface area (Å²) < 4.78 is 27.1. The highest BCUT2D eigenvalue weighted by molar-refractivity contribution is 5.94. The number of H-pyrrole nitrogens is 2. The molecule has 12 heteroatoms. The maximum absolute atomic E-state index is 13.1. The van der Waals surface area contributed by atoms with Crippen molar-refractivity contribution >= 4 is 28.7 Å². The lowest BCUT2D eigenvalue weighted by Gasteiger charge is -2.07. The van der Waals surface area contributed by atoms with Crippen LogP contribution in [0.15, 0.2) is 27.8 Å². The smallest absolute Gasteiger partial charge is 0.329 e. The second kappa shape index (κ2) is 8.04. The largest absolute Gasteiger partial charge is 0.347 e. The van der Waals surface area contributed by atoms with Crippen LogP contribution in [0.5, 0.6) is 0 Å². The number of imidazole rings is 1. The number of hydrogen-bond donors (Lipinski definition) is 4. The van der Waals surface area contributed by atoms with Crippen LogP contribution in [-0.2, 0) is 23.1 Å². The van der Waals surface area contributed by atoms with Crippen LogP contribution in [0.25, 0.3) is 11.2 Å². The average Bonchev–Trinajstić information content (AvgIpc) is 3.11. The monoisotopic (exact) mass is 406 g/mol. The Morgan fingerprint density at radius 2 is 1.90 bits per heavy atom. The van der Waals surface area contributed by atoms with Gasteiger partial charge in [0, 0.05) is 31.6 Å². The third-order valence-electron chi connectivity index (χ3n) is 4.04. The zero-order valence-electron chi connectivity index (χ0n) is 15.1. The summed E-state index contributed by atoms with van der Waals surface area (Å²) in [6.45, 7) is -0.369. The van der Waals surface area contributed by atoms with Crippen molar-refractivity contribution in [1.29, 1.82) is 0 Å². The summed E-state index contributed by atoms with van der Waals surface area (Å²) in [6, 6.07) is 2.89. The Morgan fingerprint density at radius 3 is 2.62 bits per heavy atom. The Hall–Kier alpha value is -3.83. The number of hydrogen-bond acceptors (Lipinski definition) is 5. The Morgan fingerprint density at radius 1 is 1.14 bits per heavy atom. The number of carbonyl (C=O) groups is 2. The van der Waals surface area contributed by atoms with Crippen molar-refractivity contribution in [2.45, 2.75) is 12.8 Å². The molecule has 0 saturated heterocycles. The number of fused-ring (bicyclic) bond motifs is 1. The molecule has 2 aromatic heterocycles. The van der Waals surface area contributed by atoms with Crippen LogP contribution in [0.2, 0.25) is 0 Å². The number of rotatable bonds is 6. The van der Waals surface area contributed by atoms with Crippen LogP contribution in [0, 0.1) is 11.6 Å². The van der Waals surface area contributed by atoms with E-state index >= 15 is 0 Å². The molecule has 3 aromatic rings. The number of nitrogens with zero attached hydrogens (tertiary/aromatic N) is 2. The quantitative estimate of drug-likeness (QED) is 0.453. The van der Waals surface area contributed by atoms with Crippen LogP contribution < -0.4 is 21.9 Å². The van der Waals surface area contributed by atoms with Crippen molar-refractivity contribution in [1.82, 2.24) is 24.8 Å². The van der Waals surface area contributed by atoms with Gasteiger partial charge in [0.1, 0.15) is 11.3 Å². The Balaban J connectivity index is 1.53. The second-order valence-electron chi connectivity index (χ2n) is 6.15. The number of benzene rings is 1. The van der Waals surface area contributed by atoms with Gasteiger partial charge in [0.2, 0.25) is 11.8 Å². The fraction of sp³-hybridized carbons (Fsp3) is 0.235. The minimum atomic E-state index is -1.10.